The number of rotatable bonds is 7. The third-order valence-corrected chi connectivity index (χ3v) is 4.66. The maximum Gasteiger partial charge on any atom is 0.231 e. The molecule has 0 fully saturated rings. The van der Waals surface area contributed by atoms with E-state index in [-0.39, 0.29) is 0 Å². The van der Waals surface area contributed by atoms with E-state index in [2.05, 4.69) is 21.2 Å². The Bertz CT molecular complexity index is 720. The maximum absolute atomic E-state index is 5.52. The van der Waals surface area contributed by atoms with Gasteiger partial charge >= 0.3 is 0 Å². The molecule has 24 heavy (non-hydrogen) atoms. The molecule has 128 valence electrons. The van der Waals surface area contributed by atoms with Crippen molar-refractivity contribution in [1.82, 2.24) is 5.32 Å². The number of fused-ring (bicyclic) bond motifs is 1. The van der Waals surface area contributed by atoms with Crippen LogP contribution in [0.4, 0.5) is 0 Å². The minimum atomic E-state index is 0.297. The number of nitrogens with one attached hydrogen (secondary N) is 1. The fourth-order valence-electron chi connectivity index (χ4n) is 2.66. The van der Waals surface area contributed by atoms with E-state index in [9.17, 15) is 0 Å². The van der Waals surface area contributed by atoms with Crippen LogP contribution in [0.2, 0.25) is 0 Å². The third-order valence-electron chi connectivity index (χ3n) is 3.92. The lowest BCUT2D eigenvalue weighted by atomic mass is 10.1. The molecule has 2 aromatic rings. The van der Waals surface area contributed by atoms with Gasteiger partial charge in [-0.15, -0.1) is 0 Å². The summed E-state index contributed by atoms with van der Waals surface area (Å²) in [6, 6.07) is 9.89. The number of hydrogen-bond donors (Lipinski definition) is 1. The second kappa shape index (κ2) is 7.77. The van der Waals surface area contributed by atoms with Crippen molar-refractivity contribution < 1.29 is 18.9 Å². The summed E-state index contributed by atoms with van der Waals surface area (Å²) in [5.41, 5.74) is 2.27. The molecular formula is C18H20BrNO4. The van der Waals surface area contributed by atoms with E-state index >= 15 is 0 Å². The summed E-state index contributed by atoms with van der Waals surface area (Å²) in [7, 11) is 3.28. The Balaban J connectivity index is 1.58. The van der Waals surface area contributed by atoms with Crippen LogP contribution in [0, 0.1) is 0 Å². The molecule has 0 bridgehead atoms. The Hall–Kier alpha value is -1.92. The van der Waals surface area contributed by atoms with E-state index in [0.717, 1.165) is 58.1 Å². The van der Waals surface area contributed by atoms with Crippen molar-refractivity contribution in [3.8, 4) is 23.0 Å². The van der Waals surface area contributed by atoms with E-state index in [1.165, 1.54) is 0 Å². The molecular weight excluding hydrogens is 374 g/mol. The lowest BCUT2D eigenvalue weighted by Crippen LogP contribution is -2.17. The largest absolute Gasteiger partial charge is 0.493 e. The molecule has 0 saturated heterocycles. The lowest BCUT2D eigenvalue weighted by molar-refractivity contribution is 0.173. The minimum absolute atomic E-state index is 0.297. The molecule has 3 rings (SSSR count). The van der Waals surface area contributed by atoms with Crippen LogP contribution < -0.4 is 24.3 Å². The van der Waals surface area contributed by atoms with Crippen molar-refractivity contribution in [2.45, 2.75) is 13.0 Å². The van der Waals surface area contributed by atoms with E-state index in [4.69, 9.17) is 18.9 Å². The zero-order valence-electron chi connectivity index (χ0n) is 13.7. The van der Waals surface area contributed by atoms with Crippen molar-refractivity contribution in [1.29, 1.82) is 0 Å². The lowest BCUT2D eigenvalue weighted by Gasteiger charge is -2.12. The van der Waals surface area contributed by atoms with E-state index in [1.807, 2.05) is 30.3 Å². The molecule has 1 N–H and O–H groups in total. The van der Waals surface area contributed by atoms with Crippen LogP contribution in [0.1, 0.15) is 11.1 Å². The average molecular weight is 394 g/mol. The van der Waals surface area contributed by atoms with Gasteiger partial charge in [0.05, 0.1) is 14.2 Å². The molecule has 1 aliphatic rings. The highest BCUT2D eigenvalue weighted by molar-refractivity contribution is 9.10. The molecule has 0 aromatic heterocycles. The molecule has 1 aliphatic heterocycles. The number of benzene rings is 2. The monoisotopic (exact) mass is 393 g/mol. The van der Waals surface area contributed by atoms with E-state index in [0.29, 0.717) is 6.79 Å². The highest BCUT2D eigenvalue weighted by Gasteiger charge is 2.16. The van der Waals surface area contributed by atoms with Crippen LogP contribution in [-0.2, 0) is 13.0 Å². The number of methoxy groups -OCH3 is 2. The summed E-state index contributed by atoms with van der Waals surface area (Å²) in [4.78, 5) is 0. The molecule has 2 aromatic carbocycles. The molecule has 6 heteroatoms. The second-order valence-corrected chi connectivity index (χ2v) is 6.23. The first-order chi connectivity index (χ1) is 11.7. The zero-order valence-corrected chi connectivity index (χ0v) is 15.3. The van der Waals surface area contributed by atoms with Crippen molar-refractivity contribution in [3.63, 3.8) is 0 Å². The minimum Gasteiger partial charge on any atom is -0.493 e. The number of halogens is 1. The Labute approximate surface area is 150 Å². The van der Waals surface area contributed by atoms with E-state index < -0.39 is 0 Å². The van der Waals surface area contributed by atoms with Crippen LogP contribution in [0.3, 0.4) is 0 Å². The summed E-state index contributed by atoms with van der Waals surface area (Å²) < 4.78 is 22.6. The van der Waals surface area contributed by atoms with Gasteiger partial charge in [0.25, 0.3) is 0 Å². The van der Waals surface area contributed by atoms with Gasteiger partial charge in [-0.1, -0.05) is 28.1 Å². The summed E-state index contributed by atoms with van der Waals surface area (Å²) in [6.45, 7) is 1.86. The molecule has 0 aliphatic carbocycles. The number of ether oxygens (including phenoxy) is 4. The fraction of sp³-hybridized carbons (Fsp3) is 0.333. The van der Waals surface area contributed by atoms with Gasteiger partial charge in [-0.05, 0) is 36.7 Å². The number of hydrogen-bond acceptors (Lipinski definition) is 5. The summed E-state index contributed by atoms with van der Waals surface area (Å²) in [5, 5.41) is 3.44. The van der Waals surface area contributed by atoms with Crippen LogP contribution in [0.15, 0.2) is 34.8 Å². The smallest absolute Gasteiger partial charge is 0.231 e. The first kappa shape index (κ1) is 16.9. The van der Waals surface area contributed by atoms with Gasteiger partial charge in [0.15, 0.2) is 23.0 Å². The third kappa shape index (κ3) is 3.60. The average Bonchev–Trinajstić information content (AvgIpc) is 3.08. The van der Waals surface area contributed by atoms with Crippen LogP contribution >= 0.6 is 15.9 Å². The molecule has 0 unspecified atom stereocenters. The van der Waals surface area contributed by atoms with Crippen molar-refractivity contribution in [3.05, 3.63) is 45.9 Å². The van der Waals surface area contributed by atoms with Gasteiger partial charge in [0.2, 0.25) is 6.79 Å². The maximum atomic E-state index is 5.52. The van der Waals surface area contributed by atoms with Crippen LogP contribution in [0.5, 0.6) is 23.0 Å². The van der Waals surface area contributed by atoms with E-state index in [1.54, 1.807) is 14.2 Å². The molecule has 0 atom stereocenters. The first-order valence-electron chi connectivity index (χ1n) is 7.71. The zero-order chi connectivity index (χ0) is 16.9. The molecule has 0 spiro atoms. The normalized spacial score (nSPS) is 12.3. The topological polar surface area (TPSA) is 49.0 Å². The predicted octanol–water partition coefficient (Wildman–Crippen LogP) is 3.53. The molecule has 0 amide bonds. The van der Waals surface area contributed by atoms with Gasteiger partial charge in [0, 0.05) is 16.6 Å². The summed E-state index contributed by atoms with van der Waals surface area (Å²) in [6.07, 6.45) is 0.868. The van der Waals surface area contributed by atoms with Crippen LogP contribution in [-0.4, -0.2) is 27.6 Å². The molecule has 0 saturated carbocycles. The van der Waals surface area contributed by atoms with Gasteiger partial charge < -0.3 is 24.3 Å². The first-order valence-corrected chi connectivity index (χ1v) is 8.51. The predicted molar refractivity (Wildman–Crippen MR) is 95.2 cm³/mol. The SMILES string of the molecule is COc1cc(Br)c(CCNCc2cccc3c2OCO3)cc1OC. The van der Waals surface area contributed by atoms with Crippen LogP contribution in [0.25, 0.3) is 0 Å². The standard InChI is InChI=1S/C18H20BrNO4/c1-21-16-8-12(14(19)9-17(16)22-2)6-7-20-10-13-4-3-5-15-18(13)24-11-23-15/h3-5,8-9,20H,6-7,10-11H2,1-2H3. The van der Waals surface area contributed by atoms with Crippen molar-refractivity contribution in [2.24, 2.45) is 0 Å². The molecule has 1 heterocycles. The van der Waals surface area contributed by atoms with Gasteiger partial charge in [0.1, 0.15) is 0 Å². The molecule has 0 radical (unpaired) electrons. The fourth-order valence-corrected chi connectivity index (χ4v) is 3.18. The van der Waals surface area contributed by atoms with Crippen molar-refractivity contribution >= 4 is 15.9 Å². The van der Waals surface area contributed by atoms with Gasteiger partial charge in [-0.2, -0.15) is 0 Å². The Morgan fingerprint density at radius 3 is 2.67 bits per heavy atom. The van der Waals surface area contributed by atoms with Crippen molar-refractivity contribution in [2.75, 3.05) is 27.6 Å². The highest BCUT2D eigenvalue weighted by atomic mass is 79.9. The summed E-state index contributed by atoms with van der Waals surface area (Å²) in [5.74, 6) is 3.12. The summed E-state index contributed by atoms with van der Waals surface area (Å²) >= 11 is 3.59. The van der Waals surface area contributed by atoms with Gasteiger partial charge in [-0.3, -0.25) is 0 Å². The highest BCUT2D eigenvalue weighted by Crippen LogP contribution is 2.35. The molecule has 5 nitrogen and oxygen atoms in total. The number of para-hydroxylation sites is 1. The Kier molecular flexibility index (Phi) is 5.48. The Morgan fingerprint density at radius 2 is 1.88 bits per heavy atom. The Morgan fingerprint density at radius 1 is 1.08 bits per heavy atom. The quantitative estimate of drug-likeness (QED) is 0.729. The van der Waals surface area contributed by atoms with Gasteiger partial charge in [-0.25, -0.2) is 0 Å². The second-order valence-electron chi connectivity index (χ2n) is 5.38.